The van der Waals surface area contributed by atoms with Crippen LogP contribution in [0.4, 0.5) is 0 Å². The van der Waals surface area contributed by atoms with Gasteiger partial charge in [-0.05, 0) is 44.9 Å². The normalized spacial score (nSPS) is 11.8. The van der Waals surface area contributed by atoms with E-state index in [1.165, 1.54) is 212 Å². The molecule has 0 aromatic carbocycles. The Kier molecular flexibility index (Phi) is 43.7. The van der Waals surface area contributed by atoms with Gasteiger partial charge in [-0.1, -0.05) is 245 Å². The van der Waals surface area contributed by atoms with Gasteiger partial charge in [0.2, 0.25) is 0 Å². The summed E-state index contributed by atoms with van der Waals surface area (Å²) in [5, 5.41) is 0. The molecule has 307 valence electrons. The molecule has 0 N–H and O–H groups in total. The van der Waals surface area contributed by atoms with Crippen molar-refractivity contribution in [1.82, 2.24) is 0 Å². The Balaban J connectivity index is 4.26. The Hall–Kier alpha value is -0.920. The highest BCUT2D eigenvalue weighted by Crippen LogP contribution is 2.23. The lowest BCUT2D eigenvalue weighted by Gasteiger charge is -2.14. The number of unbranched alkanes of at least 4 members (excludes halogenated alkanes) is 35. The fourth-order valence-corrected chi connectivity index (χ4v) is 7.72. The van der Waals surface area contributed by atoms with E-state index in [0.29, 0.717) is 25.2 Å². The number of hydrogen-bond acceptors (Lipinski definition) is 2. The van der Waals surface area contributed by atoms with Gasteiger partial charge in [-0.2, -0.15) is 0 Å². The zero-order chi connectivity index (χ0) is 37.8. The first kappa shape index (κ1) is 51.1. The molecule has 52 heavy (non-hydrogen) atoms. The highest BCUT2D eigenvalue weighted by molar-refractivity contribution is 6.16. The predicted molar refractivity (Wildman–Crippen MR) is 233 cm³/mol. The van der Waals surface area contributed by atoms with Gasteiger partial charge in [-0.25, -0.2) is 0 Å². The van der Waals surface area contributed by atoms with Crippen LogP contribution in [-0.4, -0.2) is 11.6 Å². The first-order chi connectivity index (χ1) is 25.7. The fourth-order valence-electron chi connectivity index (χ4n) is 7.72. The van der Waals surface area contributed by atoms with Crippen LogP contribution in [-0.2, 0) is 9.59 Å². The monoisotopic (exact) mass is 728 g/mol. The minimum absolute atomic E-state index is 0.179. The molecule has 0 atom stereocenters. The van der Waals surface area contributed by atoms with Crippen LogP contribution in [0, 0.1) is 5.92 Å². The molecule has 0 aromatic heterocycles. The van der Waals surface area contributed by atoms with E-state index < -0.39 is 0 Å². The van der Waals surface area contributed by atoms with Crippen LogP contribution in [0.2, 0.25) is 0 Å². The molecular weight excluding hydrogens is 633 g/mol. The molecule has 0 amide bonds. The third-order valence-electron chi connectivity index (χ3n) is 11.4. The third-order valence-corrected chi connectivity index (χ3v) is 11.4. The summed E-state index contributed by atoms with van der Waals surface area (Å²) < 4.78 is 0. The Morgan fingerprint density at radius 1 is 0.269 bits per heavy atom. The third kappa shape index (κ3) is 38.8. The predicted octanol–water partition coefficient (Wildman–Crippen LogP) is 17.7. The number of ketones is 2. The summed E-state index contributed by atoms with van der Waals surface area (Å²) in [6.07, 6.45) is 57.4. The average molecular weight is 728 g/mol. The molecule has 0 heterocycles. The van der Waals surface area contributed by atoms with Crippen LogP contribution in [0.15, 0.2) is 12.2 Å². The Bertz CT molecular complexity index is 697. The number of rotatable bonds is 45. The van der Waals surface area contributed by atoms with Gasteiger partial charge in [0.1, 0.15) is 17.5 Å². The van der Waals surface area contributed by atoms with E-state index in [0.717, 1.165) is 38.5 Å². The van der Waals surface area contributed by atoms with Crippen molar-refractivity contribution in [1.29, 1.82) is 0 Å². The molecule has 0 fully saturated rings. The Labute approximate surface area is 328 Å². The highest BCUT2D eigenvalue weighted by atomic mass is 16.1. The highest BCUT2D eigenvalue weighted by Gasteiger charge is 2.25. The van der Waals surface area contributed by atoms with Crippen LogP contribution < -0.4 is 0 Å². The molecular formula is C50H95O2. The van der Waals surface area contributed by atoms with E-state index in [2.05, 4.69) is 32.9 Å². The van der Waals surface area contributed by atoms with Gasteiger partial charge in [0.15, 0.2) is 0 Å². The second-order valence-corrected chi connectivity index (χ2v) is 16.6. The average Bonchev–Trinajstić information content (AvgIpc) is 3.15. The van der Waals surface area contributed by atoms with Crippen molar-refractivity contribution in [3.05, 3.63) is 18.1 Å². The van der Waals surface area contributed by atoms with Gasteiger partial charge in [0, 0.05) is 12.8 Å². The Morgan fingerprint density at radius 3 is 0.750 bits per heavy atom. The SMILES string of the molecule is CCCCCCCC/C=C\CCCCCCC[C](C(=O)CCCCCCCCCCCCCCC)C(=O)CCCCCCCCCCCCCCC. The molecule has 2 nitrogen and oxygen atoms in total. The van der Waals surface area contributed by atoms with E-state index in [9.17, 15) is 9.59 Å². The molecule has 2 heteroatoms. The zero-order valence-electron chi connectivity index (χ0n) is 36.2. The summed E-state index contributed by atoms with van der Waals surface area (Å²) in [7, 11) is 0. The van der Waals surface area contributed by atoms with Crippen LogP contribution in [0.25, 0.3) is 0 Å². The Morgan fingerprint density at radius 2 is 0.481 bits per heavy atom. The summed E-state index contributed by atoms with van der Waals surface area (Å²) in [6, 6.07) is 0. The molecule has 0 rings (SSSR count). The van der Waals surface area contributed by atoms with Crippen LogP contribution in [0.1, 0.15) is 290 Å². The maximum absolute atomic E-state index is 13.3. The lowest BCUT2D eigenvalue weighted by molar-refractivity contribution is -0.125. The lowest BCUT2D eigenvalue weighted by Crippen LogP contribution is -2.22. The van der Waals surface area contributed by atoms with Crippen LogP contribution in [0.5, 0.6) is 0 Å². The van der Waals surface area contributed by atoms with Gasteiger partial charge in [-0.15, -0.1) is 0 Å². The number of allylic oxidation sites excluding steroid dienone is 2. The van der Waals surface area contributed by atoms with Crippen molar-refractivity contribution >= 4 is 11.6 Å². The van der Waals surface area contributed by atoms with Gasteiger partial charge in [-0.3, -0.25) is 9.59 Å². The molecule has 0 spiro atoms. The number of hydrogen-bond donors (Lipinski definition) is 0. The minimum atomic E-state index is 0.179. The van der Waals surface area contributed by atoms with Gasteiger partial charge in [0.05, 0.1) is 0 Å². The van der Waals surface area contributed by atoms with Crippen molar-refractivity contribution in [2.75, 3.05) is 0 Å². The van der Waals surface area contributed by atoms with Gasteiger partial charge in [0.25, 0.3) is 0 Å². The van der Waals surface area contributed by atoms with Crippen molar-refractivity contribution in [3.63, 3.8) is 0 Å². The standard InChI is InChI=1S/C50H95O2/c1-4-7-10-13-16-19-22-25-26-29-30-33-36-39-42-45-48(49(51)46-43-40-37-34-31-27-23-20-17-14-11-8-5-2)50(52)47-44-41-38-35-32-28-24-21-18-15-12-9-6-3/h25-26H,4-24,27-47H2,1-3H3/b26-25-. The molecule has 0 aromatic rings. The summed E-state index contributed by atoms with van der Waals surface area (Å²) in [5.41, 5.74) is 0. The van der Waals surface area contributed by atoms with E-state index in [-0.39, 0.29) is 11.6 Å². The second-order valence-electron chi connectivity index (χ2n) is 16.6. The van der Waals surface area contributed by atoms with E-state index in [4.69, 9.17) is 0 Å². The summed E-state index contributed by atoms with van der Waals surface area (Å²) in [6.45, 7) is 6.85. The molecule has 0 bridgehead atoms. The van der Waals surface area contributed by atoms with Crippen molar-refractivity contribution < 1.29 is 9.59 Å². The number of Topliss-reactive ketones (excluding diaryl/α,β-unsaturated/α-hetero) is 2. The first-order valence-corrected chi connectivity index (χ1v) is 24.2. The van der Waals surface area contributed by atoms with Crippen LogP contribution >= 0.6 is 0 Å². The van der Waals surface area contributed by atoms with Gasteiger partial charge >= 0.3 is 0 Å². The second kappa shape index (κ2) is 44.5. The maximum Gasteiger partial charge on any atom is 0.147 e. The summed E-state index contributed by atoms with van der Waals surface area (Å²) in [5.74, 6) is 1.03. The van der Waals surface area contributed by atoms with Gasteiger partial charge < -0.3 is 0 Å². The maximum atomic E-state index is 13.3. The lowest BCUT2D eigenvalue weighted by atomic mass is 9.87. The first-order valence-electron chi connectivity index (χ1n) is 24.2. The molecule has 0 saturated carbocycles. The minimum Gasteiger partial charge on any atom is -0.299 e. The quantitative estimate of drug-likeness (QED) is 0.0355. The topological polar surface area (TPSA) is 34.1 Å². The van der Waals surface area contributed by atoms with E-state index in [1.807, 2.05) is 0 Å². The van der Waals surface area contributed by atoms with Crippen LogP contribution in [0.3, 0.4) is 0 Å². The van der Waals surface area contributed by atoms with Crippen molar-refractivity contribution in [3.8, 4) is 0 Å². The largest absolute Gasteiger partial charge is 0.299 e. The van der Waals surface area contributed by atoms with Crippen molar-refractivity contribution in [2.45, 2.75) is 290 Å². The molecule has 0 aliphatic rings. The smallest absolute Gasteiger partial charge is 0.147 e. The molecule has 1 radical (unpaired) electrons. The van der Waals surface area contributed by atoms with E-state index in [1.54, 1.807) is 0 Å². The summed E-state index contributed by atoms with van der Waals surface area (Å²) in [4.78, 5) is 26.7. The number of carbonyl (C=O) groups excluding carboxylic acids is 2. The summed E-state index contributed by atoms with van der Waals surface area (Å²) >= 11 is 0. The van der Waals surface area contributed by atoms with Crippen molar-refractivity contribution in [2.24, 2.45) is 0 Å². The van der Waals surface area contributed by atoms with E-state index >= 15 is 0 Å². The fraction of sp³-hybridized carbons (Fsp3) is 0.900. The molecule has 0 unspecified atom stereocenters. The number of carbonyl (C=O) groups is 2. The molecule has 0 saturated heterocycles. The molecule has 0 aliphatic carbocycles. The molecule has 0 aliphatic heterocycles. The zero-order valence-corrected chi connectivity index (χ0v) is 36.2.